The van der Waals surface area contributed by atoms with Crippen LogP contribution >= 0.6 is 0 Å². The molecule has 8 rings (SSSR count). The smallest absolute Gasteiger partial charge is 0.471 e. The number of aryl methyl sites for hydroxylation is 5. The van der Waals surface area contributed by atoms with Gasteiger partial charge in [0, 0.05) is 6.92 Å². The molecule has 3 aliphatic carbocycles. The van der Waals surface area contributed by atoms with Gasteiger partial charge in [0.15, 0.2) is 11.5 Å². The van der Waals surface area contributed by atoms with Gasteiger partial charge in [-0.05, 0) is 166 Å². The highest BCUT2D eigenvalue weighted by Crippen LogP contribution is 2.47. The van der Waals surface area contributed by atoms with Crippen molar-refractivity contribution in [1.82, 2.24) is 0 Å². The number of alkyl halides is 3. The average Bonchev–Trinajstić information content (AvgIpc) is 3.17. The largest absolute Gasteiger partial charge is 0.508 e. The van der Waals surface area contributed by atoms with E-state index in [9.17, 15) is 23.4 Å². The van der Waals surface area contributed by atoms with Crippen molar-refractivity contribution in [3.05, 3.63) is 122 Å². The van der Waals surface area contributed by atoms with Crippen molar-refractivity contribution in [3.8, 4) is 17.2 Å². The highest BCUT2D eigenvalue weighted by molar-refractivity contribution is 5.47. The zero-order chi connectivity index (χ0) is 46.1. The number of phenolic OH excluding ortho intramolecular Hbond substituents is 1. The van der Waals surface area contributed by atoms with Gasteiger partial charge >= 0.3 is 12.0 Å². The lowest BCUT2D eigenvalue weighted by atomic mass is 9.81. The molecule has 7 heteroatoms. The highest BCUT2D eigenvalue weighted by Gasteiger charge is 2.60. The fourth-order valence-electron chi connectivity index (χ4n) is 8.45. The maximum absolute atomic E-state index is 13.6. The summed E-state index contributed by atoms with van der Waals surface area (Å²) >= 11 is 0. The third-order valence-electron chi connectivity index (χ3n) is 12.6. The fraction of sp³-hybridized carbons (Fsp3) is 0.564. The van der Waals surface area contributed by atoms with Crippen LogP contribution in [0.15, 0.2) is 66.7 Å². The Bertz CT molecular complexity index is 2160. The number of fused-ring (bicyclic) bond motifs is 4. The van der Waals surface area contributed by atoms with Crippen molar-refractivity contribution >= 4 is 0 Å². The molecular weight excluding hydrogens is 782 g/mol. The van der Waals surface area contributed by atoms with Gasteiger partial charge in [-0.25, -0.2) is 0 Å². The molecule has 2 atom stereocenters. The van der Waals surface area contributed by atoms with Gasteiger partial charge in [0.1, 0.15) is 5.75 Å². The second-order valence-corrected chi connectivity index (χ2v) is 22.2. The molecule has 0 bridgehead atoms. The van der Waals surface area contributed by atoms with E-state index in [0.29, 0.717) is 18.1 Å². The molecule has 62 heavy (non-hydrogen) atoms. The summed E-state index contributed by atoms with van der Waals surface area (Å²) in [7, 11) is 0. The number of aromatic hydroxyl groups is 1. The lowest BCUT2D eigenvalue weighted by Crippen LogP contribution is -2.53. The van der Waals surface area contributed by atoms with Gasteiger partial charge < -0.3 is 19.7 Å². The van der Waals surface area contributed by atoms with Gasteiger partial charge in [-0.1, -0.05) is 132 Å². The van der Waals surface area contributed by atoms with E-state index in [0.717, 1.165) is 42.4 Å². The Morgan fingerprint density at radius 3 is 1.50 bits per heavy atom. The van der Waals surface area contributed by atoms with E-state index in [1.54, 1.807) is 17.2 Å². The average molecular weight is 857 g/mol. The van der Waals surface area contributed by atoms with E-state index in [-0.39, 0.29) is 33.8 Å². The van der Waals surface area contributed by atoms with Gasteiger partial charge in [0.25, 0.3) is 0 Å². The molecule has 4 nitrogen and oxygen atoms in total. The maximum atomic E-state index is 13.6. The number of phenols is 1. The summed E-state index contributed by atoms with van der Waals surface area (Å²) in [6.45, 7) is 26.4. The van der Waals surface area contributed by atoms with Crippen molar-refractivity contribution in [2.75, 3.05) is 0 Å². The summed E-state index contributed by atoms with van der Waals surface area (Å²) in [5.41, 5.74) is 13.5. The van der Waals surface area contributed by atoms with Gasteiger partial charge in [-0.2, -0.15) is 13.2 Å². The van der Waals surface area contributed by atoms with Gasteiger partial charge in [-0.3, -0.25) is 0 Å². The Balaban J connectivity index is 0.000000157. The number of aliphatic hydroxyl groups excluding tert-OH is 1. The summed E-state index contributed by atoms with van der Waals surface area (Å²) in [6, 6.07) is 22.5. The Labute approximate surface area is 371 Å². The summed E-state index contributed by atoms with van der Waals surface area (Å²) in [6.07, 6.45) is 9.11. The predicted octanol–water partition coefficient (Wildman–Crippen LogP) is 14.8. The monoisotopic (exact) mass is 857 g/mol. The van der Waals surface area contributed by atoms with E-state index in [1.807, 2.05) is 26.8 Å². The molecule has 0 fully saturated rings. The van der Waals surface area contributed by atoms with Crippen molar-refractivity contribution < 1.29 is 32.9 Å². The van der Waals surface area contributed by atoms with Crippen LogP contribution in [0.2, 0.25) is 0 Å². The van der Waals surface area contributed by atoms with Crippen molar-refractivity contribution in [1.29, 1.82) is 0 Å². The molecule has 1 heterocycles. The molecule has 4 aromatic rings. The molecule has 0 saturated heterocycles. The van der Waals surface area contributed by atoms with Crippen LogP contribution in [0.4, 0.5) is 13.2 Å². The Morgan fingerprint density at radius 2 is 0.952 bits per heavy atom. The van der Waals surface area contributed by atoms with Gasteiger partial charge in [-0.15, -0.1) is 0 Å². The summed E-state index contributed by atoms with van der Waals surface area (Å²) in [5, 5.41) is 20.0. The van der Waals surface area contributed by atoms with Crippen LogP contribution in [0.25, 0.3) is 0 Å². The van der Waals surface area contributed by atoms with E-state index in [1.165, 1.54) is 84.9 Å². The summed E-state index contributed by atoms with van der Waals surface area (Å²) in [5.74, 6) is -2.84. The van der Waals surface area contributed by atoms with Crippen LogP contribution in [0.3, 0.4) is 0 Å². The van der Waals surface area contributed by atoms with E-state index in [4.69, 9.17) is 0 Å². The number of ether oxygens (including phenoxy) is 2. The lowest BCUT2D eigenvalue weighted by Gasteiger charge is -2.36. The number of rotatable bonds is 0. The Kier molecular flexibility index (Phi) is 14.7. The van der Waals surface area contributed by atoms with Crippen LogP contribution in [0.5, 0.6) is 17.2 Å². The van der Waals surface area contributed by atoms with Gasteiger partial charge in [0.2, 0.25) is 0 Å². The normalized spacial score (nSPS) is 20.3. The quantitative estimate of drug-likeness (QED) is 0.185. The first-order chi connectivity index (χ1) is 28.6. The van der Waals surface area contributed by atoms with Crippen LogP contribution in [-0.2, 0) is 53.8 Å². The van der Waals surface area contributed by atoms with Crippen LogP contribution in [-0.4, -0.2) is 22.2 Å². The zero-order valence-corrected chi connectivity index (χ0v) is 40.1. The Hall–Kier alpha value is -3.97. The van der Waals surface area contributed by atoms with Gasteiger partial charge in [0.05, 0.1) is 6.10 Å². The second kappa shape index (κ2) is 18.6. The highest BCUT2D eigenvalue weighted by atomic mass is 19.3. The molecule has 0 saturated carbocycles. The number of halogens is 3. The molecule has 1 aliphatic heterocycles. The third kappa shape index (κ3) is 12.2. The first-order valence-electron chi connectivity index (χ1n) is 22.9. The molecule has 0 amide bonds. The standard InChI is InChI=1S/2C14H20O.C14H20.C13H15F3O2/c1-14(2,3)11-8-7-10-5-4-6-13(15)12(10)9-11;1-14(2,3)12-8-10-6-4-5-7-11(10)9-13(12)15;1-14(2,3)13-9-8-11-6-4-5-7-12(11)10-13;1-11(2,3)8-5-6-9-10(7-8)18-13(15,16)12(4,14)17-9/h7-9,13,15H,4-6H2,1-3H3;8-9,15H,4-7H2,1-3H3;8-10H,4-7H2,1-3H3;5-7H,1-4H3. The molecule has 340 valence electrons. The third-order valence-corrected chi connectivity index (χ3v) is 12.6. The molecule has 2 N–H and O–H groups in total. The SMILES string of the molecule is CC(C)(C)c1cc2c(cc1O)CCCC2.CC(C)(C)c1ccc2c(c1)C(O)CCC2.CC(C)(C)c1ccc2c(c1)CCCC2.CC(C)(C)c1ccc2c(c1)OC(F)(F)C(C)(F)O2. The number of aliphatic hydroxyl groups is 1. The predicted molar refractivity (Wildman–Crippen MR) is 249 cm³/mol. The first-order valence-corrected chi connectivity index (χ1v) is 22.9. The minimum Gasteiger partial charge on any atom is -0.508 e. The molecule has 4 aliphatic rings. The van der Waals surface area contributed by atoms with Crippen molar-refractivity contribution in [2.45, 2.75) is 200 Å². The molecule has 2 unspecified atom stereocenters. The van der Waals surface area contributed by atoms with Crippen molar-refractivity contribution in [3.63, 3.8) is 0 Å². The Morgan fingerprint density at radius 1 is 0.500 bits per heavy atom. The van der Waals surface area contributed by atoms with Crippen LogP contribution in [0.1, 0.15) is 190 Å². The lowest BCUT2D eigenvalue weighted by molar-refractivity contribution is -0.332. The molecule has 4 aromatic carbocycles. The first kappa shape index (κ1) is 49.1. The number of hydrogen-bond donors (Lipinski definition) is 2. The number of benzene rings is 4. The van der Waals surface area contributed by atoms with Crippen molar-refractivity contribution in [2.24, 2.45) is 0 Å². The minimum atomic E-state index is -4.00. The summed E-state index contributed by atoms with van der Waals surface area (Å²) < 4.78 is 49.4. The minimum absolute atomic E-state index is 0.0149. The summed E-state index contributed by atoms with van der Waals surface area (Å²) in [4.78, 5) is 0. The second-order valence-electron chi connectivity index (χ2n) is 22.2. The molecule has 0 spiro atoms. The maximum Gasteiger partial charge on any atom is 0.471 e. The zero-order valence-electron chi connectivity index (χ0n) is 40.1. The molecule has 0 aromatic heterocycles. The van der Waals surface area contributed by atoms with E-state index >= 15 is 0 Å². The fourth-order valence-corrected chi connectivity index (χ4v) is 8.45. The van der Waals surface area contributed by atoms with Crippen LogP contribution in [0, 0.1) is 0 Å². The molecular formula is C55H75F3O4. The van der Waals surface area contributed by atoms with Crippen LogP contribution < -0.4 is 9.47 Å². The topological polar surface area (TPSA) is 58.9 Å². The number of hydrogen-bond acceptors (Lipinski definition) is 4. The van der Waals surface area contributed by atoms with E-state index < -0.39 is 12.0 Å². The van der Waals surface area contributed by atoms with E-state index in [2.05, 4.69) is 114 Å². The molecule has 0 radical (unpaired) electrons.